The van der Waals surface area contributed by atoms with Gasteiger partial charge in [-0.2, -0.15) is 0 Å². The van der Waals surface area contributed by atoms with Crippen molar-refractivity contribution in [1.82, 2.24) is 9.47 Å². The van der Waals surface area contributed by atoms with Crippen LogP contribution in [0.5, 0.6) is 11.5 Å². The van der Waals surface area contributed by atoms with Crippen LogP contribution in [0.1, 0.15) is 24.4 Å². The van der Waals surface area contributed by atoms with E-state index in [1.54, 1.807) is 33.7 Å². The number of esters is 1. The number of amides is 1. The lowest BCUT2D eigenvalue weighted by atomic mass is 10.0. The molecule has 6 rings (SSSR count). The molecule has 8 nitrogen and oxygen atoms in total. The molecule has 0 N–H and O–H groups in total. The Morgan fingerprint density at radius 3 is 2.30 bits per heavy atom. The molecule has 188 valence electrons. The number of pyridine rings is 1. The third-order valence-electron chi connectivity index (χ3n) is 7.05. The molecule has 1 saturated heterocycles. The summed E-state index contributed by atoms with van der Waals surface area (Å²) in [5.41, 5.74) is 2.19. The van der Waals surface area contributed by atoms with Crippen molar-refractivity contribution in [3.8, 4) is 11.5 Å². The first-order valence-electron chi connectivity index (χ1n) is 12.4. The number of carbonyl (C=O) groups excluding carboxylic acids is 2. The Kier molecular flexibility index (Phi) is 6.00. The van der Waals surface area contributed by atoms with Crippen LogP contribution in [-0.2, 0) is 20.9 Å². The van der Waals surface area contributed by atoms with E-state index in [2.05, 4.69) is 0 Å². The molecular weight excluding hydrogens is 472 g/mol. The average Bonchev–Trinajstić information content (AvgIpc) is 3.44. The molecule has 0 spiro atoms. The van der Waals surface area contributed by atoms with Crippen LogP contribution in [0, 0.1) is 0 Å². The van der Waals surface area contributed by atoms with Crippen LogP contribution >= 0.6 is 0 Å². The Bertz CT molecular complexity index is 1520. The maximum Gasteiger partial charge on any atom is 0.326 e. The van der Waals surface area contributed by atoms with Crippen LogP contribution in [0.15, 0.2) is 71.5 Å². The molecule has 2 aliphatic heterocycles. The minimum Gasteiger partial charge on any atom is -0.486 e. The highest BCUT2D eigenvalue weighted by molar-refractivity contribution is 5.94. The fourth-order valence-corrected chi connectivity index (χ4v) is 5.33. The van der Waals surface area contributed by atoms with Crippen molar-refractivity contribution < 1.29 is 23.8 Å². The Morgan fingerprint density at radius 1 is 0.892 bits per heavy atom. The lowest BCUT2D eigenvalue weighted by molar-refractivity contribution is -0.152. The van der Waals surface area contributed by atoms with Crippen LogP contribution < -0.4 is 14.9 Å². The zero-order valence-electron chi connectivity index (χ0n) is 20.2. The number of hydrogen-bond donors (Lipinski definition) is 0. The largest absolute Gasteiger partial charge is 0.486 e. The van der Waals surface area contributed by atoms with Crippen molar-refractivity contribution in [2.45, 2.75) is 25.4 Å². The summed E-state index contributed by atoms with van der Waals surface area (Å²) in [5.74, 6) is 0.625. The van der Waals surface area contributed by atoms with E-state index in [1.807, 2.05) is 42.5 Å². The van der Waals surface area contributed by atoms with Gasteiger partial charge in [0.05, 0.1) is 17.1 Å². The van der Waals surface area contributed by atoms with Crippen molar-refractivity contribution in [2.24, 2.45) is 0 Å². The van der Waals surface area contributed by atoms with Crippen molar-refractivity contribution in [3.05, 3.63) is 82.5 Å². The minimum absolute atomic E-state index is 0.0785. The zero-order chi connectivity index (χ0) is 25.4. The van der Waals surface area contributed by atoms with Gasteiger partial charge in [-0.25, -0.2) is 0 Å². The quantitative estimate of drug-likeness (QED) is 0.307. The first-order chi connectivity index (χ1) is 18.1. The molecule has 37 heavy (non-hydrogen) atoms. The normalized spacial score (nSPS) is 16.8. The molecule has 1 atom stereocenters. The van der Waals surface area contributed by atoms with E-state index in [0.717, 1.165) is 18.4 Å². The molecule has 0 bridgehead atoms. The molecular formula is C29H26N2O6. The second-order valence-corrected chi connectivity index (χ2v) is 9.26. The molecule has 4 aromatic rings. The topological polar surface area (TPSA) is 87.1 Å². The molecule has 1 fully saturated rings. The third-order valence-corrected chi connectivity index (χ3v) is 7.05. The summed E-state index contributed by atoms with van der Waals surface area (Å²) in [4.78, 5) is 40.7. The Hall–Kier alpha value is -4.33. The summed E-state index contributed by atoms with van der Waals surface area (Å²) in [5, 5.41) is 1.06. The highest BCUT2D eigenvalue weighted by Crippen LogP contribution is 2.38. The van der Waals surface area contributed by atoms with Gasteiger partial charge in [0, 0.05) is 17.3 Å². The monoisotopic (exact) mass is 498 g/mol. The Balaban J connectivity index is 1.18. The first kappa shape index (κ1) is 23.1. The third kappa shape index (κ3) is 4.28. The highest BCUT2D eigenvalue weighted by atomic mass is 16.6. The van der Waals surface area contributed by atoms with E-state index in [9.17, 15) is 14.4 Å². The number of rotatable bonds is 5. The summed E-state index contributed by atoms with van der Waals surface area (Å²) in [7, 11) is 0. The highest BCUT2D eigenvalue weighted by Gasteiger charge is 2.31. The second kappa shape index (κ2) is 9.61. The van der Waals surface area contributed by atoms with Gasteiger partial charge in [-0.1, -0.05) is 30.3 Å². The molecule has 0 saturated carbocycles. The van der Waals surface area contributed by atoms with E-state index in [-0.39, 0.29) is 30.5 Å². The molecule has 8 heteroatoms. The number of aromatic nitrogens is 1. The van der Waals surface area contributed by atoms with Gasteiger partial charge in [-0.3, -0.25) is 14.4 Å². The fraction of sp³-hybridized carbons (Fsp3) is 0.276. The number of para-hydroxylation sites is 2. The van der Waals surface area contributed by atoms with Gasteiger partial charge in [0.2, 0.25) is 0 Å². The van der Waals surface area contributed by atoms with Gasteiger partial charge in [-0.15, -0.1) is 0 Å². The van der Waals surface area contributed by atoms with Gasteiger partial charge in [0.15, 0.2) is 23.5 Å². The van der Waals surface area contributed by atoms with E-state index < -0.39 is 5.97 Å². The number of nitrogens with zero attached hydrogens (tertiary/aromatic N) is 2. The van der Waals surface area contributed by atoms with E-state index in [4.69, 9.17) is 14.2 Å². The maximum atomic E-state index is 13.1. The van der Waals surface area contributed by atoms with Gasteiger partial charge in [-0.05, 0) is 54.8 Å². The van der Waals surface area contributed by atoms with Gasteiger partial charge in [0.25, 0.3) is 5.91 Å². The van der Waals surface area contributed by atoms with E-state index in [1.165, 1.54) is 0 Å². The first-order valence-corrected chi connectivity index (χ1v) is 12.4. The van der Waals surface area contributed by atoms with Crippen LogP contribution in [0.2, 0.25) is 0 Å². The molecule has 3 heterocycles. The Labute approximate surface area is 213 Å². The summed E-state index contributed by atoms with van der Waals surface area (Å²) < 4.78 is 18.5. The van der Waals surface area contributed by atoms with Crippen LogP contribution in [-0.4, -0.2) is 47.7 Å². The lowest BCUT2D eigenvalue weighted by Crippen LogP contribution is -2.34. The SMILES string of the molecule is O=C(Cn1c2ccccc2c(=O)c2ccccc21)OCC(=O)N1CCCC1c1ccc2c(c1)OCCO2. The minimum atomic E-state index is -0.539. The van der Waals surface area contributed by atoms with E-state index in [0.29, 0.717) is 53.1 Å². The van der Waals surface area contributed by atoms with Crippen LogP contribution in [0.3, 0.4) is 0 Å². The van der Waals surface area contributed by atoms with Crippen molar-refractivity contribution in [3.63, 3.8) is 0 Å². The van der Waals surface area contributed by atoms with E-state index >= 15 is 0 Å². The molecule has 2 aliphatic rings. The predicted octanol–water partition coefficient (Wildman–Crippen LogP) is 3.83. The lowest BCUT2D eigenvalue weighted by Gasteiger charge is -2.26. The fourth-order valence-electron chi connectivity index (χ4n) is 5.33. The van der Waals surface area contributed by atoms with Gasteiger partial charge >= 0.3 is 5.97 Å². The molecule has 1 unspecified atom stereocenters. The molecule has 1 amide bonds. The standard InChI is InChI=1S/C29H26N2O6/c32-27(30-13-5-10-22(30)19-11-12-25-26(16-19)36-15-14-35-25)18-37-28(33)17-31-23-8-3-1-6-20(23)29(34)21-7-2-4-9-24(21)31/h1-4,6-9,11-12,16,22H,5,10,13-15,17-18H2. The predicted molar refractivity (Wildman–Crippen MR) is 138 cm³/mol. The summed E-state index contributed by atoms with van der Waals surface area (Å²) in [6.07, 6.45) is 1.70. The summed E-state index contributed by atoms with van der Waals surface area (Å²) in [6, 6.07) is 20.0. The zero-order valence-corrected chi connectivity index (χ0v) is 20.2. The van der Waals surface area contributed by atoms with Crippen LogP contribution in [0.25, 0.3) is 21.8 Å². The molecule has 0 radical (unpaired) electrons. The summed E-state index contributed by atoms with van der Waals surface area (Å²) >= 11 is 0. The smallest absolute Gasteiger partial charge is 0.326 e. The molecule has 3 aromatic carbocycles. The molecule has 1 aromatic heterocycles. The number of fused-ring (bicyclic) bond motifs is 3. The number of carbonyl (C=O) groups is 2. The summed E-state index contributed by atoms with van der Waals surface area (Å²) in [6.45, 7) is 1.18. The maximum absolute atomic E-state index is 13.1. The van der Waals surface area contributed by atoms with Crippen molar-refractivity contribution in [1.29, 1.82) is 0 Å². The van der Waals surface area contributed by atoms with Crippen molar-refractivity contribution >= 4 is 33.7 Å². The molecule has 0 aliphatic carbocycles. The van der Waals surface area contributed by atoms with Crippen molar-refractivity contribution in [2.75, 3.05) is 26.4 Å². The Morgan fingerprint density at radius 2 is 1.57 bits per heavy atom. The second-order valence-electron chi connectivity index (χ2n) is 9.26. The van der Waals surface area contributed by atoms with Gasteiger partial charge < -0.3 is 23.7 Å². The van der Waals surface area contributed by atoms with Crippen LogP contribution in [0.4, 0.5) is 0 Å². The van der Waals surface area contributed by atoms with Gasteiger partial charge in [0.1, 0.15) is 19.8 Å². The average molecular weight is 499 g/mol. The number of hydrogen-bond acceptors (Lipinski definition) is 6. The number of ether oxygens (including phenoxy) is 3. The number of benzene rings is 3. The number of likely N-dealkylation sites (tertiary alicyclic amines) is 1.